The van der Waals surface area contributed by atoms with Crippen molar-refractivity contribution in [2.24, 2.45) is 5.92 Å². The molecule has 0 radical (unpaired) electrons. The molecule has 2 saturated heterocycles. The molecule has 5 nitrogen and oxygen atoms in total. The molecule has 2 aliphatic rings. The van der Waals surface area contributed by atoms with E-state index in [4.69, 9.17) is 0 Å². The molecule has 0 aliphatic carbocycles. The second kappa shape index (κ2) is 8.58. The Balaban J connectivity index is 1.61. The molecule has 0 spiro atoms. The fraction of sp³-hybridized carbons (Fsp3) is 0.789. The van der Waals surface area contributed by atoms with Gasteiger partial charge in [-0.25, -0.2) is 0 Å². The van der Waals surface area contributed by atoms with Crippen LogP contribution in [0.4, 0.5) is 0 Å². The Hall–Kier alpha value is -1.01. The quantitative estimate of drug-likeness (QED) is 0.806. The highest BCUT2D eigenvalue weighted by atomic mass is 32.2. The maximum Gasteiger partial charge on any atom is 0.272 e. The zero-order valence-electron chi connectivity index (χ0n) is 15.9. The van der Waals surface area contributed by atoms with E-state index in [1.807, 2.05) is 15.6 Å². The number of hydrogen-bond acceptors (Lipinski definition) is 4. The number of hydrogen-bond donors (Lipinski definition) is 0. The first-order chi connectivity index (χ1) is 12.1. The van der Waals surface area contributed by atoms with Crippen molar-refractivity contribution < 1.29 is 4.79 Å². The van der Waals surface area contributed by atoms with Gasteiger partial charge in [-0.3, -0.25) is 14.4 Å². The van der Waals surface area contributed by atoms with Crippen LogP contribution in [0.25, 0.3) is 0 Å². The van der Waals surface area contributed by atoms with Gasteiger partial charge in [-0.2, -0.15) is 16.9 Å². The predicted octanol–water partition coefficient (Wildman–Crippen LogP) is 2.75. The third-order valence-corrected chi connectivity index (χ3v) is 6.22. The Kier molecular flexibility index (Phi) is 6.44. The van der Waals surface area contributed by atoms with E-state index in [-0.39, 0.29) is 5.91 Å². The maximum absolute atomic E-state index is 13.0. The van der Waals surface area contributed by atoms with Crippen LogP contribution >= 0.6 is 11.8 Å². The number of aromatic nitrogens is 2. The third-order valence-electron chi connectivity index (χ3n) is 5.28. The van der Waals surface area contributed by atoms with Crippen LogP contribution in [0.5, 0.6) is 0 Å². The van der Waals surface area contributed by atoms with Crippen molar-refractivity contribution in [1.29, 1.82) is 0 Å². The van der Waals surface area contributed by atoms with Crippen LogP contribution in [0.3, 0.4) is 0 Å². The van der Waals surface area contributed by atoms with Crippen molar-refractivity contribution in [3.8, 4) is 0 Å². The summed E-state index contributed by atoms with van der Waals surface area (Å²) in [7, 11) is 0. The first-order valence-electron chi connectivity index (χ1n) is 9.76. The number of rotatable bonds is 5. The van der Waals surface area contributed by atoms with E-state index in [9.17, 15) is 4.79 Å². The van der Waals surface area contributed by atoms with Crippen LogP contribution in [0.15, 0.2) is 6.07 Å². The van der Waals surface area contributed by atoms with Gasteiger partial charge in [-0.1, -0.05) is 13.8 Å². The summed E-state index contributed by atoms with van der Waals surface area (Å²) in [5.41, 5.74) is 1.81. The molecule has 2 fully saturated rings. The molecule has 3 heterocycles. The number of likely N-dealkylation sites (tertiary alicyclic amines) is 1. The lowest BCUT2D eigenvalue weighted by Crippen LogP contribution is -2.49. The normalized spacial score (nSPS) is 20.4. The SMILES string of the molecule is CCn1nc(CC(C)C)cc1C(=O)N1CCC(N2CCSCC2)CC1. The summed E-state index contributed by atoms with van der Waals surface area (Å²) < 4.78 is 1.88. The molecule has 1 aromatic rings. The fourth-order valence-corrected chi connectivity index (χ4v) is 4.87. The van der Waals surface area contributed by atoms with Crippen molar-refractivity contribution in [3.63, 3.8) is 0 Å². The maximum atomic E-state index is 13.0. The number of thioether (sulfide) groups is 1. The second-order valence-electron chi connectivity index (χ2n) is 7.61. The molecule has 1 aromatic heterocycles. The fourth-order valence-electron chi connectivity index (χ4n) is 3.94. The molecular formula is C19H32N4OS. The highest BCUT2D eigenvalue weighted by molar-refractivity contribution is 7.99. The molecule has 0 bridgehead atoms. The molecule has 3 rings (SSSR count). The Morgan fingerprint density at radius 1 is 1.24 bits per heavy atom. The molecule has 0 saturated carbocycles. The Labute approximate surface area is 156 Å². The van der Waals surface area contributed by atoms with Gasteiger partial charge in [-0.15, -0.1) is 0 Å². The first-order valence-corrected chi connectivity index (χ1v) is 10.9. The van der Waals surface area contributed by atoms with Gasteiger partial charge in [0.25, 0.3) is 5.91 Å². The average molecular weight is 365 g/mol. The minimum atomic E-state index is 0.164. The van der Waals surface area contributed by atoms with Crippen LogP contribution in [0.2, 0.25) is 0 Å². The number of amides is 1. The standard InChI is InChI=1S/C19H32N4OS/c1-4-23-18(14-16(20-23)13-15(2)3)19(24)22-7-5-17(6-8-22)21-9-11-25-12-10-21/h14-15,17H,4-13H2,1-3H3. The van der Waals surface area contributed by atoms with E-state index in [1.165, 1.54) is 24.6 Å². The first kappa shape index (κ1) is 18.8. The number of nitrogens with zero attached hydrogens (tertiary/aromatic N) is 4. The lowest BCUT2D eigenvalue weighted by Gasteiger charge is -2.40. The van der Waals surface area contributed by atoms with Gasteiger partial charge in [0.2, 0.25) is 0 Å². The Morgan fingerprint density at radius 3 is 2.52 bits per heavy atom. The number of piperidine rings is 1. The smallest absolute Gasteiger partial charge is 0.272 e. The van der Waals surface area contributed by atoms with Gasteiger partial charge in [0.1, 0.15) is 5.69 Å². The molecular weight excluding hydrogens is 332 g/mol. The van der Waals surface area contributed by atoms with Crippen molar-refractivity contribution in [2.75, 3.05) is 37.7 Å². The van der Waals surface area contributed by atoms with E-state index < -0.39 is 0 Å². The van der Waals surface area contributed by atoms with Gasteiger partial charge in [0.05, 0.1) is 5.69 Å². The van der Waals surface area contributed by atoms with Crippen LogP contribution < -0.4 is 0 Å². The highest BCUT2D eigenvalue weighted by Crippen LogP contribution is 2.22. The van der Waals surface area contributed by atoms with Crippen molar-refractivity contribution in [1.82, 2.24) is 19.6 Å². The van der Waals surface area contributed by atoms with Gasteiger partial charge in [-0.05, 0) is 38.2 Å². The Morgan fingerprint density at radius 2 is 1.92 bits per heavy atom. The molecule has 1 amide bonds. The van der Waals surface area contributed by atoms with Crippen LogP contribution in [0, 0.1) is 5.92 Å². The number of carbonyl (C=O) groups is 1. The predicted molar refractivity (Wildman–Crippen MR) is 104 cm³/mol. The van der Waals surface area contributed by atoms with E-state index in [0.29, 0.717) is 12.0 Å². The average Bonchev–Trinajstić information content (AvgIpc) is 3.04. The van der Waals surface area contributed by atoms with E-state index in [1.54, 1.807) is 0 Å². The zero-order valence-corrected chi connectivity index (χ0v) is 16.7. The van der Waals surface area contributed by atoms with Gasteiger partial charge in [0, 0.05) is 50.3 Å². The summed E-state index contributed by atoms with van der Waals surface area (Å²) in [5.74, 6) is 3.24. The molecule has 25 heavy (non-hydrogen) atoms. The van der Waals surface area contributed by atoms with Crippen molar-refractivity contribution >= 4 is 17.7 Å². The Bertz CT molecular complexity index is 572. The molecule has 140 valence electrons. The summed E-state index contributed by atoms with van der Waals surface area (Å²) in [6.07, 6.45) is 3.15. The summed E-state index contributed by atoms with van der Waals surface area (Å²) in [4.78, 5) is 17.7. The summed E-state index contributed by atoms with van der Waals surface area (Å²) in [6.45, 7) is 11.4. The molecule has 2 aliphatic heterocycles. The number of aryl methyl sites for hydroxylation is 1. The highest BCUT2D eigenvalue weighted by Gasteiger charge is 2.29. The molecule has 0 N–H and O–H groups in total. The minimum absolute atomic E-state index is 0.164. The third kappa shape index (κ3) is 4.59. The van der Waals surface area contributed by atoms with E-state index in [0.717, 1.165) is 50.3 Å². The van der Waals surface area contributed by atoms with E-state index in [2.05, 4.69) is 42.5 Å². The van der Waals surface area contributed by atoms with Gasteiger partial charge in [0.15, 0.2) is 0 Å². The monoisotopic (exact) mass is 364 g/mol. The molecule has 6 heteroatoms. The van der Waals surface area contributed by atoms with Crippen molar-refractivity contribution in [2.45, 2.75) is 52.6 Å². The van der Waals surface area contributed by atoms with E-state index >= 15 is 0 Å². The van der Waals surface area contributed by atoms with Crippen molar-refractivity contribution in [3.05, 3.63) is 17.5 Å². The summed E-state index contributed by atoms with van der Waals surface area (Å²) in [6, 6.07) is 2.68. The summed E-state index contributed by atoms with van der Waals surface area (Å²) in [5, 5.41) is 4.63. The van der Waals surface area contributed by atoms with Crippen LogP contribution in [-0.4, -0.2) is 69.2 Å². The lowest BCUT2D eigenvalue weighted by molar-refractivity contribution is 0.0619. The number of carbonyl (C=O) groups excluding carboxylic acids is 1. The second-order valence-corrected chi connectivity index (χ2v) is 8.83. The zero-order chi connectivity index (χ0) is 17.8. The minimum Gasteiger partial charge on any atom is -0.337 e. The largest absolute Gasteiger partial charge is 0.337 e. The molecule has 0 aromatic carbocycles. The van der Waals surface area contributed by atoms with Crippen LogP contribution in [0.1, 0.15) is 49.8 Å². The topological polar surface area (TPSA) is 41.4 Å². The molecule has 0 atom stereocenters. The summed E-state index contributed by atoms with van der Waals surface area (Å²) >= 11 is 2.06. The van der Waals surface area contributed by atoms with Crippen LogP contribution in [-0.2, 0) is 13.0 Å². The molecule has 0 unspecified atom stereocenters. The van der Waals surface area contributed by atoms with Gasteiger partial charge < -0.3 is 4.90 Å². The van der Waals surface area contributed by atoms with Gasteiger partial charge >= 0.3 is 0 Å². The lowest BCUT2D eigenvalue weighted by atomic mass is 10.0.